The van der Waals surface area contributed by atoms with Crippen LogP contribution in [0.5, 0.6) is 0 Å². The number of hydroxylamine groups is 1. The van der Waals surface area contributed by atoms with Crippen molar-refractivity contribution in [1.29, 1.82) is 0 Å². The number of amides is 3. The highest BCUT2D eigenvalue weighted by atomic mass is 79.9. The Hall–Kier alpha value is -2.23. The van der Waals surface area contributed by atoms with E-state index in [0.717, 1.165) is 3.79 Å². The quantitative estimate of drug-likeness (QED) is 0.646. The minimum Gasteiger partial charge on any atom is -0.366 e. The van der Waals surface area contributed by atoms with Gasteiger partial charge >= 0.3 is 0 Å². The van der Waals surface area contributed by atoms with Gasteiger partial charge in [-0.3, -0.25) is 19.2 Å². The van der Waals surface area contributed by atoms with Gasteiger partial charge in [-0.25, -0.2) is 5.48 Å². The molecule has 0 unspecified atom stereocenters. The topological polar surface area (TPSA) is 111 Å². The van der Waals surface area contributed by atoms with Crippen LogP contribution in [0.15, 0.2) is 40.2 Å². The number of thiophene rings is 1. The number of carbonyl (C=O) groups excluding carboxylic acids is 3. The maximum atomic E-state index is 11.7. The second kappa shape index (κ2) is 7.86. The predicted octanol–water partition coefficient (Wildman–Crippen LogP) is 1.91. The van der Waals surface area contributed by atoms with E-state index in [2.05, 4.69) is 26.7 Å². The van der Waals surface area contributed by atoms with Crippen LogP contribution in [0.1, 0.15) is 20.0 Å². The molecule has 1 heterocycles. The molecule has 23 heavy (non-hydrogen) atoms. The van der Waals surface area contributed by atoms with Crippen LogP contribution < -0.4 is 16.5 Å². The fraction of sp³-hybridized carbons (Fsp3) is 0.0714. The van der Waals surface area contributed by atoms with Crippen molar-refractivity contribution in [2.24, 2.45) is 5.73 Å². The molecule has 0 saturated carbocycles. The van der Waals surface area contributed by atoms with Gasteiger partial charge in [0, 0.05) is 11.3 Å². The molecule has 0 fully saturated rings. The van der Waals surface area contributed by atoms with Crippen LogP contribution in [0.3, 0.4) is 0 Å². The zero-order chi connectivity index (χ0) is 16.8. The van der Waals surface area contributed by atoms with Crippen LogP contribution in [0, 0.1) is 0 Å². The van der Waals surface area contributed by atoms with Crippen molar-refractivity contribution in [3.8, 4) is 0 Å². The number of benzene rings is 1. The van der Waals surface area contributed by atoms with Gasteiger partial charge in [-0.2, -0.15) is 0 Å². The Morgan fingerprint density at radius 3 is 2.39 bits per heavy atom. The number of carbonyl (C=O) groups is 3. The third kappa shape index (κ3) is 5.16. The standard InChI is InChI=1S/C14H12BrN3O4S/c15-11-6-5-10(23-11)14(21)18-22-7-12(19)17-9-3-1-8(2-4-9)13(16)20/h1-6H,7H2,(H2,16,20)(H,17,19)(H,18,21). The van der Waals surface area contributed by atoms with E-state index in [4.69, 9.17) is 10.6 Å². The minimum absolute atomic E-state index is 0.341. The van der Waals surface area contributed by atoms with Crippen molar-refractivity contribution in [1.82, 2.24) is 5.48 Å². The summed E-state index contributed by atoms with van der Waals surface area (Å²) in [6.45, 7) is -0.351. The van der Waals surface area contributed by atoms with Gasteiger partial charge in [-0.05, 0) is 52.3 Å². The van der Waals surface area contributed by atoms with Crippen molar-refractivity contribution in [2.45, 2.75) is 0 Å². The second-order valence-electron chi connectivity index (χ2n) is 4.31. The SMILES string of the molecule is NC(=O)c1ccc(NC(=O)CONC(=O)c2ccc(Br)s2)cc1. The lowest BCUT2D eigenvalue weighted by Crippen LogP contribution is -2.28. The zero-order valence-corrected chi connectivity index (χ0v) is 14.1. The van der Waals surface area contributed by atoms with Gasteiger partial charge in [-0.1, -0.05) is 0 Å². The smallest absolute Gasteiger partial charge is 0.284 e. The van der Waals surface area contributed by atoms with Gasteiger partial charge in [0.2, 0.25) is 5.91 Å². The van der Waals surface area contributed by atoms with E-state index in [1.807, 2.05) is 0 Å². The minimum atomic E-state index is -0.547. The van der Waals surface area contributed by atoms with E-state index < -0.39 is 17.7 Å². The van der Waals surface area contributed by atoms with E-state index >= 15 is 0 Å². The molecule has 0 aliphatic rings. The van der Waals surface area contributed by atoms with E-state index in [0.29, 0.717) is 16.1 Å². The average molecular weight is 398 g/mol. The first-order valence-electron chi connectivity index (χ1n) is 6.33. The fourth-order valence-electron chi connectivity index (χ4n) is 1.57. The number of rotatable bonds is 6. The summed E-state index contributed by atoms with van der Waals surface area (Å²) in [5.41, 5.74) is 8.13. The second-order valence-corrected chi connectivity index (χ2v) is 6.78. The number of nitrogens with one attached hydrogen (secondary N) is 2. The van der Waals surface area contributed by atoms with Crippen molar-refractivity contribution in [3.63, 3.8) is 0 Å². The van der Waals surface area contributed by atoms with E-state index in [1.54, 1.807) is 24.3 Å². The third-order valence-corrected chi connectivity index (χ3v) is 4.24. The number of hydrogen-bond acceptors (Lipinski definition) is 5. The molecule has 1 aromatic carbocycles. The predicted molar refractivity (Wildman–Crippen MR) is 89.0 cm³/mol. The molecule has 0 aliphatic carbocycles. The molecule has 1 aromatic heterocycles. The molecule has 0 spiro atoms. The summed E-state index contributed by atoms with van der Waals surface area (Å²) in [7, 11) is 0. The zero-order valence-electron chi connectivity index (χ0n) is 11.7. The van der Waals surface area contributed by atoms with Crippen LogP contribution in [-0.4, -0.2) is 24.3 Å². The van der Waals surface area contributed by atoms with Gasteiger partial charge in [0.25, 0.3) is 11.8 Å². The summed E-state index contributed by atoms with van der Waals surface area (Å²) in [4.78, 5) is 39.6. The van der Waals surface area contributed by atoms with E-state index in [1.165, 1.54) is 23.5 Å². The lowest BCUT2D eigenvalue weighted by molar-refractivity contribution is -0.122. The van der Waals surface area contributed by atoms with Crippen LogP contribution in [0.4, 0.5) is 5.69 Å². The largest absolute Gasteiger partial charge is 0.366 e. The highest BCUT2D eigenvalue weighted by molar-refractivity contribution is 9.11. The summed E-state index contributed by atoms with van der Waals surface area (Å²) < 4.78 is 0.819. The average Bonchev–Trinajstić information content (AvgIpc) is 2.94. The van der Waals surface area contributed by atoms with Crippen LogP contribution in [0.2, 0.25) is 0 Å². The Morgan fingerprint density at radius 1 is 1.13 bits per heavy atom. The molecular weight excluding hydrogens is 386 g/mol. The molecule has 9 heteroatoms. The molecule has 0 aliphatic heterocycles. The summed E-state index contributed by atoms with van der Waals surface area (Å²) in [5.74, 6) is -1.43. The number of primary amides is 1. The van der Waals surface area contributed by atoms with Gasteiger partial charge in [0.05, 0.1) is 8.66 Å². The number of hydrogen-bond donors (Lipinski definition) is 3. The number of halogens is 1. The fourth-order valence-corrected chi connectivity index (χ4v) is 2.84. The normalized spacial score (nSPS) is 10.1. The first-order valence-corrected chi connectivity index (χ1v) is 7.94. The maximum Gasteiger partial charge on any atom is 0.284 e. The summed E-state index contributed by atoms with van der Waals surface area (Å²) >= 11 is 4.49. The molecule has 0 bridgehead atoms. The molecule has 120 valence electrons. The van der Waals surface area contributed by atoms with Crippen molar-refractivity contribution in [2.75, 3.05) is 11.9 Å². The number of nitrogens with two attached hydrogens (primary N) is 1. The first kappa shape index (κ1) is 17.1. The molecule has 4 N–H and O–H groups in total. The number of anilines is 1. The molecular formula is C14H12BrN3O4S. The lowest BCUT2D eigenvalue weighted by atomic mass is 10.2. The van der Waals surface area contributed by atoms with Gasteiger partial charge in [0.15, 0.2) is 6.61 Å². The van der Waals surface area contributed by atoms with Crippen molar-refractivity contribution in [3.05, 3.63) is 50.6 Å². The van der Waals surface area contributed by atoms with Crippen LogP contribution in [0.25, 0.3) is 0 Å². The summed E-state index contributed by atoms with van der Waals surface area (Å²) in [6.07, 6.45) is 0. The monoisotopic (exact) mass is 397 g/mol. The summed E-state index contributed by atoms with van der Waals surface area (Å²) in [5, 5.41) is 2.55. The Bertz CT molecular complexity index is 730. The Labute approximate surface area is 143 Å². The van der Waals surface area contributed by atoms with Crippen molar-refractivity contribution >= 4 is 50.7 Å². The Balaban J connectivity index is 1.76. The molecule has 7 nitrogen and oxygen atoms in total. The highest BCUT2D eigenvalue weighted by Crippen LogP contribution is 2.21. The molecule has 0 atom stereocenters. The highest BCUT2D eigenvalue weighted by Gasteiger charge is 2.10. The van der Waals surface area contributed by atoms with E-state index in [-0.39, 0.29) is 6.61 Å². The van der Waals surface area contributed by atoms with E-state index in [9.17, 15) is 14.4 Å². The maximum absolute atomic E-state index is 11.7. The summed E-state index contributed by atoms with van der Waals surface area (Å²) in [6, 6.07) is 9.44. The Kier molecular flexibility index (Phi) is 5.85. The third-order valence-electron chi connectivity index (χ3n) is 2.62. The molecule has 0 saturated heterocycles. The molecule has 2 rings (SSSR count). The van der Waals surface area contributed by atoms with Crippen molar-refractivity contribution < 1.29 is 19.2 Å². The van der Waals surface area contributed by atoms with Crippen LogP contribution in [-0.2, 0) is 9.63 Å². The Morgan fingerprint density at radius 2 is 1.83 bits per heavy atom. The van der Waals surface area contributed by atoms with Gasteiger partial charge in [-0.15, -0.1) is 11.3 Å². The first-order chi connectivity index (χ1) is 11.0. The molecule has 2 aromatic rings. The van der Waals surface area contributed by atoms with Crippen LogP contribution >= 0.6 is 27.3 Å². The van der Waals surface area contributed by atoms with Gasteiger partial charge < -0.3 is 11.1 Å². The van der Waals surface area contributed by atoms with Gasteiger partial charge in [0.1, 0.15) is 0 Å². The molecule has 0 radical (unpaired) electrons. The molecule has 3 amide bonds. The lowest BCUT2D eigenvalue weighted by Gasteiger charge is -2.07.